The van der Waals surface area contributed by atoms with Gasteiger partial charge >= 0.3 is 0 Å². The Balaban J connectivity index is 1.96. The predicted octanol–water partition coefficient (Wildman–Crippen LogP) is 4.29. The Kier molecular flexibility index (Phi) is 6.34. The minimum atomic E-state index is 0.800. The van der Waals surface area contributed by atoms with Gasteiger partial charge in [-0.3, -0.25) is 0 Å². The Hall–Kier alpha value is -1.94. The van der Waals surface area contributed by atoms with Crippen molar-refractivity contribution in [3.8, 4) is 5.75 Å². The molecule has 0 aromatic heterocycles. The van der Waals surface area contributed by atoms with Gasteiger partial charge in [0, 0.05) is 17.1 Å². The van der Waals surface area contributed by atoms with Crippen LogP contribution in [0.5, 0.6) is 5.75 Å². The summed E-state index contributed by atoms with van der Waals surface area (Å²) < 4.78 is 5.18. The highest BCUT2D eigenvalue weighted by Gasteiger charge is 2.06. The average molecular weight is 315 g/mol. The Labute approximate surface area is 136 Å². The maximum atomic E-state index is 5.18. The van der Waals surface area contributed by atoms with Crippen LogP contribution in [0, 0.1) is 6.92 Å². The smallest absolute Gasteiger partial charge is 0.118 e. The van der Waals surface area contributed by atoms with E-state index in [0.717, 1.165) is 28.5 Å². The number of thioether (sulfide) groups is 1. The summed E-state index contributed by atoms with van der Waals surface area (Å²) in [5.41, 5.74) is 4.59. The predicted molar refractivity (Wildman–Crippen MR) is 93.9 cm³/mol. The number of nitrogens with zero attached hydrogens (tertiary/aromatic N) is 1. The first-order chi connectivity index (χ1) is 10.7. The van der Waals surface area contributed by atoms with Crippen LogP contribution >= 0.6 is 11.8 Å². The SMILES string of the molecule is CO/N=C(\CSCc1ccc(C)cc1)c1ccc(OC)cc1. The lowest BCUT2D eigenvalue weighted by Crippen LogP contribution is -2.05. The number of aryl methyl sites for hydroxylation is 1. The quantitative estimate of drug-likeness (QED) is 0.564. The second-order valence-electron chi connectivity index (χ2n) is 4.93. The van der Waals surface area contributed by atoms with E-state index in [9.17, 15) is 0 Å². The van der Waals surface area contributed by atoms with Crippen LogP contribution in [0.2, 0.25) is 0 Å². The van der Waals surface area contributed by atoms with Crippen LogP contribution in [0.4, 0.5) is 0 Å². The molecule has 3 nitrogen and oxygen atoms in total. The van der Waals surface area contributed by atoms with E-state index >= 15 is 0 Å². The van der Waals surface area contributed by atoms with Crippen molar-refractivity contribution in [2.45, 2.75) is 12.7 Å². The molecule has 0 bridgehead atoms. The fourth-order valence-electron chi connectivity index (χ4n) is 2.01. The number of hydrogen-bond acceptors (Lipinski definition) is 4. The lowest BCUT2D eigenvalue weighted by atomic mass is 10.1. The van der Waals surface area contributed by atoms with Gasteiger partial charge in [0.05, 0.1) is 12.8 Å². The Morgan fingerprint density at radius 3 is 2.27 bits per heavy atom. The summed E-state index contributed by atoms with van der Waals surface area (Å²) in [6, 6.07) is 16.5. The molecule has 0 heterocycles. The molecule has 0 atom stereocenters. The van der Waals surface area contributed by atoms with Gasteiger partial charge in [-0.1, -0.05) is 35.0 Å². The summed E-state index contributed by atoms with van der Waals surface area (Å²) in [7, 11) is 3.24. The summed E-state index contributed by atoms with van der Waals surface area (Å²) in [6.45, 7) is 2.10. The molecule has 0 fully saturated rings. The summed E-state index contributed by atoms with van der Waals surface area (Å²) in [4.78, 5) is 4.98. The van der Waals surface area contributed by atoms with Gasteiger partial charge in [0.15, 0.2) is 0 Å². The van der Waals surface area contributed by atoms with E-state index in [2.05, 4.69) is 36.3 Å². The molecule has 0 saturated heterocycles. The zero-order chi connectivity index (χ0) is 15.8. The van der Waals surface area contributed by atoms with E-state index in [0.29, 0.717) is 0 Å². The highest BCUT2D eigenvalue weighted by Crippen LogP contribution is 2.17. The highest BCUT2D eigenvalue weighted by molar-refractivity contribution is 7.99. The van der Waals surface area contributed by atoms with Gasteiger partial charge in [-0.05, 0) is 36.8 Å². The van der Waals surface area contributed by atoms with Crippen LogP contribution < -0.4 is 4.74 Å². The molecule has 0 unspecified atom stereocenters. The third kappa shape index (κ3) is 4.81. The van der Waals surface area contributed by atoms with Crippen LogP contribution in [0.15, 0.2) is 53.7 Å². The topological polar surface area (TPSA) is 30.8 Å². The van der Waals surface area contributed by atoms with Crippen molar-refractivity contribution < 1.29 is 9.57 Å². The molecule has 0 N–H and O–H groups in total. The molecule has 116 valence electrons. The molecular weight excluding hydrogens is 294 g/mol. The summed E-state index contributed by atoms with van der Waals surface area (Å²) in [6.07, 6.45) is 0. The van der Waals surface area contributed by atoms with E-state index in [4.69, 9.17) is 9.57 Å². The largest absolute Gasteiger partial charge is 0.497 e. The van der Waals surface area contributed by atoms with E-state index in [1.165, 1.54) is 11.1 Å². The first-order valence-electron chi connectivity index (χ1n) is 7.10. The number of methoxy groups -OCH3 is 1. The molecule has 2 aromatic rings. The minimum absolute atomic E-state index is 0.800. The van der Waals surface area contributed by atoms with Crippen molar-refractivity contribution in [1.29, 1.82) is 0 Å². The summed E-state index contributed by atoms with van der Waals surface area (Å²) in [5, 5.41) is 4.15. The number of rotatable bonds is 7. The Morgan fingerprint density at radius 1 is 1.00 bits per heavy atom. The van der Waals surface area contributed by atoms with Crippen molar-refractivity contribution >= 4 is 17.5 Å². The second kappa shape index (κ2) is 8.49. The highest BCUT2D eigenvalue weighted by atomic mass is 32.2. The van der Waals surface area contributed by atoms with Crippen molar-refractivity contribution in [3.63, 3.8) is 0 Å². The number of hydrogen-bond donors (Lipinski definition) is 0. The van der Waals surface area contributed by atoms with Gasteiger partial charge in [0.2, 0.25) is 0 Å². The first kappa shape index (κ1) is 16.4. The maximum Gasteiger partial charge on any atom is 0.118 e. The molecule has 0 saturated carbocycles. The number of oxime groups is 1. The van der Waals surface area contributed by atoms with Crippen LogP contribution in [-0.4, -0.2) is 25.7 Å². The van der Waals surface area contributed by atoms with Crippen LogP contribution in [0.1, 0.15) is 16.7 Å². The molecule has 2 aromatic carbocycles. The van der Waals surface area contributed by atoms with Crippen molar-refractivity contribution in [1.82, 2.24) is 0 Å². The van der Waals surface area contributed by atoms with Gasteiger partial charge in [0.1, 0.15) is 12.9 Å². The molecule has 0 spiro atoms. The molecular formula is C18H21NO2S. The van der Waals surface area contributed by atoms with Gasteiger partial charge in [-0.15, -0.1) is 0 Å². The van der Waals surface area contributed by atoms with Crippen LogP contribution in [0.25, 0.3) is 0 Å². The normalized spacial score (nSPS) is 11.3. The van der Waals surface area contributed by atoms with Crippen LogP contribution in [-0.2, 0) is 10.6 Å². The van der Waals surface area contributed by atoms with Gasteiger partial charge < -0.3 is 9.57 Å². The molecule has 0 aliphatic carbocycles. The van der Waals surface area contributed by atoms with Crippen molar-refractivity contribution in [3.05, 3.63) is 65.2 Å². The van der Waals surface area contributed by atoms with Crippen molar-refractivity contribution in [2.24, 2.45) is 5.16 Å². The Morgan fingerprint density at radius 2 is 1.68 bits per heavy atom. The van der Waals surface area contributed by atoms with E-state index in [1.807, 2.05) is 36.0 Å². The minimum Gasteiger partial charge on any atom is -0.497 e. The molecule has 0 aliphatic heterocycles. The zero-order valence-corrected chi connectivity index (χ0v) is 14.0. The second-order valence-corrected chi connectivity index (χ2v) is 5.91. The Bertz CT molecular complexity index is 606. The van der Waals surface area contributed by atoms with Gasteiger partial charge in [0.25, 0.3) is 0 Å². The number of benzene rings is 2. The molecule has 2 rings (SSSR count). The fourth-order valence-corrected chi connectivity index (χ4v) is 2.95. The van der Waals surface area contributed by atoms with Gasteiger partial charge in [-0.2, -0.15) is 11.8 Å². The molecule has 4 heteroatoms. The molecule has 0 radical (unpaired) electrons. The molecule has 0 aliphatic rings. The summed E-state index contributed by atoms with van der Waals surface area (Å²) in [5.74, 6) is 2.60. The van der Waals surface area contributed by atoms with Crippen molar-refractivity contribution in [2.75, 3.05) is 20.0 Å². The zero-order valence-electron chi connectivity index (χ0n) is 13.2. The lowest BCUT2D eigenvalue weighted by Gasteiger charge is -2.07. The van der Waals surface area contributed by atoms with Gasteiger partial charge in [-0.25, -0.2) is 0 Å². The first-order valence-corrected chi connectivity index (χ1v) is 8.26. The lowest BCUT2D eigenvalue weighted by molar-refractivity contribution is 0.213. The maximum absolute atomic E-state index is 5.18. The van der Waals surface area contributed by atoms with E-state index in [1.54, 1.807) is 14.2 Å². The molecule has 0 amide bonds. The molecule has 22 heavy (non-hydrogen) atoms. The van der Waals surface area contributed by atoms with Crippen LogP contribution in [0.3, 0.4) is 0 Å². The summed E-state index contributed by atoms with van der Waals surface area (Å²) >= 11 is 1.82. The van der Waals surface area contributed by atoms with E-state index < -0.39 is 0 Å². The van der Waals surface area contributed by atoms with E-state index in [-0.39, 0.29) is 0 Å². The fraction of sp³-hybridized carbons (Fsp3) is 0.278. The third-order valence-electron chi connectivity index (χ3n) is 3.25. The third-order valence-corrected chi connectivity index (χ3v) is 4.27. The monoisotopic (exact) mass is 315 g/mol. The number of ether oxygens (including phenoxy) is 1. The standard InChI is InChI=1S/C18H21NO2S/c1-14-4-6-15(7-5-14)12-22-13-18(19-21-3)16-8-10-17(20-2)11-9-16/h4-11H,12-13H2,1-3H3/b19-18+. The average Bonchev–Trinajstić information content (AvgIpc) is 2.56.